The van der Waals surface area contributed by atoms with Gasteiger partial charge in [-0.1, -0.05) is 48.5 Å². The zero-order valence-corrected chi connectivity index (χ0v) is 29.6. The number of carbonyl (C=O) groups is 2. The van der Waals surface area contributed by atoms with E-state index in [1.807, 2.05) is 4.90 Å². The van der Waals surface area contributed by atoms with Crippen LogP contribution in [0.3, 0.4) is 0 Å². The third-order valence-electron chi connectivity index (χ3n) is 10.1. The molecule has 9 nitrogen and oxygen atoms in total. The molecule has 0 bridgehead atoms. The normalized spacial score (nSPS) is 14.4. The second kappa shape index (κ2) is 15.5. The zero-order chi connectivity index (χ0) is 38.8. The number of halogens is 5. The van der Waals surface area contributed by atoms with Crippen molar-refractivity contribution in [3.8, 4) is 11.1 Å². The molecule has 0 aliphatic carbocycles. The summed E-state index contributed by atoms with van der Waals surface area (Å²) in [4.78, 5) is 51.8. The summed E-state index contributed by atoms with van der Waals surface area (Å²) in [7, 11) is 0. The highest BCUT2D eigenvalue weighted by molar-refractivity contribution is 5.80. The summed E-state index contributed by atoms with van der Waals surface area (Å²) in [5.74, 6) is -3.14. The molecule has 282 valence electrons. The van der Waals surface area contributed by atoms with Crippen molar-refractivity contribution in [2.24, 2.45) is 0 Å². The summed E-state index contributed by atoms with van der Waals surface area (Å²) < 4.78 is 69.4. The molecule has 1 amide bonds. The lowest BCUT2D eigenvalue weighted by Gasteiger charge is -2.43. The molecular weight excluding hydrogens is 709 g/mol. The Labute approximate surface area is 307 Å². The van der Waals surface area contributed by atoms with Crippen LogP contribution in [0, 0.1) is 11.6 Å². The molecule has 0 saturated carbocycles. The summed E-state index contributed by atoms with van der Waals surface area (Å²) in [6.45, 7) is 3.96. The number of amides is 1. The van der Waals surface area contributed by atoms with Crippen LogP contribution in [0.25, 0.3) is 22.2 Å². The van der Waals surface area contributed by atoms with Crippen molar-refractivity contribution in [1.29, 1.82) is 0 Å². The van der Waals surface area contributed by atoms with Crippen LogP contribution in [0.4, 0.5) is 22.0 Å². The molecule has 6 rings (SSSR count). The van der Waals surface area contributed by atoms with Crippen LogP contribution < -0.4 is 5.56 Å². The molecule has 0 unspecified atom stereocenters. The minimum absolute atomic E-state index is 0.00345. The van der Waals surface area contributed by atoms with Gasteiger partial charge in [0.2, 0.25) is 5.91 Å². The maximum Gasteiger partial charge on any atom is 0.416 e. The first-order valence-electron chi connectivity index (χ1n) is 17.5. The molecule has 5 aromatic rings. The van der Waals surface area contributed by atoms with E-state index in [9.17, 15) is 41.4 Å². The van der Waals surface area contributed by atoms with E-state index < -0.39 is 40.4 Å². The molecule has 3 heterocycles. The molecule has 3 aromatic carbocycles. The molecule has 1 N–H and O–H groups in total. The largest absolute Gasteiger partial charge is 0.480 e. The summed E-state index contributed by atoms with van der Waals surface area (Å²) in [5, 5.41) is 10.00. The third-order valence-corrected chi connectivity index (χ3v) is 10.1. The Morgan fingerprint density at radius 1 is 0.889 bits per heavy atom. The van der Waals surface area contributed by atoms with Gasteiger partial charge in [-0.2, -0.15) is 18.2 Å². The average molecular weight is 748 g/mol. The molecule has 1 fully saturated rings. The van der Waals surface area contributed by atoms with E-state index in [1.54, 1.807) is 55.1 Å². The first-order valence-corrected chi connectivity index (χ1v) is 17.5. The van der Waals surface area contributed by atoms with Gasteiger partial charge in [-0.05, 0) is 85.7 Å². The number of aliphatic carboxylic acids is 1. The van der Waals surface area contributed by atoms with E-state index >= 15 is 0 Å². The van der Waals surface area contributed by atoms with Crippen LogP contribution in [0.1, 0.15) is 49.2 Å². The molecule has 0 spiro atoms. The summed E-state index contributed by atoms with van der Waals surface area (Å²) in [6, 6.07) is 18.6. The van der Waals surface area contributed by atoms with Crippen molar-refractivity contribution in [3.63, 3.8) is 0 Å². The van der Waals surface area contributed by atoms with Crippen molar-refractivity contribution < 1.29 is 36.6 Å². The minimum Gasteiger partial charge on any atom is -0.480 e. The number of carboxylic acid groups (broad SMARTS) is 1. The van der Waals surface area contributed by atoms with E-state index in [2.05, 4.69) is 9.97 Å². The second-order valence-corrected chi connectivity index (χ2v) is 13.9. The smallest absolute Gasteiger partial charge is 0.416 e. The molecule has 54 heavy (non-hydrogen) atoms. The van der Waals surface area contributed by atoms with Gasteiger partial charge in [-0.3, -0.25) is 19.3 Å². The number of hydrogen-bond donors (Lipinski definition) is 1. The number of aryl methyl sites for hydroxylation is 2. The SMILES string of the molecule is CC(C)(C(=O)O)N1CCC(N(Cc2ccc(-c3ccc(C(F)(F)F)cc3)cc2)C(=O)Cn2c(CCc3cccc(F)c3F)nc(=O)c3cccnc32)CC1. The Balaban J connectivity index is 1.31. The monoisotopic (exact) mass is 747 g/mol. The van der Waals surface area contributed by atoms with Gasteiger partial charge in [0.25, 0.3) is 5.56 Å². The Morgan fingerprint density at radius 3 is 2.17 bits per heavy atom. The molecule has 0 radical (unpaired) electrons. The van der Waals surface area contributed by atoms with Crippen molar-refractivity contribution in [3.05, 3.63) is 130 Å². The lowest BCUT2D eigenvalue weighted by atomic mass is 9.95. The minimum atomic E-state index is -4.45. The molecule has 1 aliphatic heterocycles. The fourth-order valence-corrected chi connectivity index (χ4v) is 6.85. The Morgan fingerprint density at radius 2 is 1.54 bits per heavy atom. The van der Waals surface area contributed by atoms with Gasteiger partial charge < -0.3 is 14.6 Å². The van der Waals surface area contributed by atoms with E-state index in [1.165, 1.54) is 35.0 Å². The molecule has 2 aromatic heterocycles. The first-order chi connectivity index (χ1) is 25.6. The first kappa shape index (κ1) is 38.2. The van der Waals surface area contributed by atoms with E-state index in [-0.39, 0.29) is 60.3 Å². The van der Waals surface area contributed by atoms with Crippen LogP contribution in [-0.2, 0) is 41.7 Å². The molecule has 0 atom stereocenters. The number of fused-ring (bicyclic) bond motifs is 1. The van der Waals surface area contributed by atoms with Crippen LogP contribution in [-0.4, -0.2) is 66.0 Å². The third kappa shape index (κ3) is 8.18. The fourth-order valence-electron chi connectivity index (χ4n) is 6.85. The van der Waals surface area contributed by atoms with Crippen LogP contribution in [0.15, 0.2) is 89.9 Å². The van der Waals surface area contributed by atoms with Crippen molar-refractivity contribution in [2.45, 2.75) is 70.4 Å². The van der Waals surface area contributed by atoms with Gasteiger partial charge in [0.05, 0.1) is 10.9 Å². The van der Waals surface area contributed by atoms with Crippen molar-refractivity contribution >= 4 is 22.9 Å². The molecule has 1 aliphatic rings. The topological polar surface area (TPSA) is 109 Å². The molecule has 1 saturated heterocycles. The Hall–Kier alpha value is -5.50. The summed E-state index contributed by atoms with van der Waals surface area (Å²) in [6.07, 6.45) is -2.03. The standard InChI is InChI=1S/C40H38F5N5O4/c1-39(2,38(53)54)48-21-18-30(19-22-48)49(23-25-8-10-26(11-9-25)27-12-15-29(16-13-27)40(43,44)45)34(51)24-50-33(17-14-28-5-3-7-32(41)35(28)42)47-37(52)31-6-4-20-46-36(31)50/h3-13,15-16,20,30H,14,17-19,21-24H2,1-2H3,(H,53,54). The second-order valence-electron chi connectivity index (χ2n) is 13.9. The number of likely N-dealkylation sites (tertiary alicyclic amines) is 1. The van der Waals surface area contributed by atoms with E-state index in [0.717, 1.165) is 23.8 Å². The molecular formula is C40H38F5N5O4. The number of rotatable bonds is 11. The Bertz CT molecular complexity index is 2210. The number of alkyl halides is 3. The van der Waals surface area contributed by atoms with Crippen molar-refractivity contribution in [1.82, 2.24) is 24.3 Å². The predicted molar refractivity (Wildman–Crippen MR) is 191 cm³/mol. The maximum absolute atomic E-state index is 14.6. The Kier molecular flexibility index (Phi) is 10.9. The number of piperidine rings is 1. The highest BCUT2D eigenvalue weighted by Crippen LogP contribution is 2.32. The van der Waals surface area contributed by atoms with Crippen LogP contribution >= 0.6 is 0 Å². The lowest BCUT2D eigenvalue weighted by molar-refractivity contribution is -0.151. The quantitative estimate of drug-likeness (QED) is 0.147. The van der Waals surface area contributed by atoms with Gasteiger partial charge in [0.1, 0.15) is 23.6 Å². The van der Waals surface area contributed by atoms with E-state index in [4.69, 9.17) is 0 Å². The summed E-state index contributed by atoms with van der Waals surface area (Å²) in [5.41, 5.74) is -0.126. The maximum atomic E-state index is 14.6. The lowest BCUT2D eigenvalue weighted by Crippen LogP contribution is -2.56. The van der Waals surface area contributed by atoms with Crippen LogP contribution in [0.5, 0.6) is 0 Å². The number of carboxylic acids is 1. The zero-order valence-electron chi connectivity index (χ0n) is 29.6. The van der Waals surface area contributed by atoms with Gasteiger partial charge >= 0.3 is 12.1 Å². The summed E-state index contributed by atoms with van der Waals surface area (Å²) >= 11 is 0. The number of pyridine rings is 1. The number of nitrogens with zero attached hydrogens (tertiary/aromatic N) is 5. The highest BCUT2D eigenvalue weighted by atomic mass is 19.4. The number of hydrogen-bond acceptors (Lipinski definition) is 6. The average Bonchev–Trinajstić information content (AvgIpc) is 3.15. The number of benzene rings is 3. The predicted octanol–water partition coefficient (Wildman–Crippen LogP) is 6.90. The van der Waals surface area contributed by atoms with E-state index in [0.29, 0.717) is 37.1 Å². The highest BCUT2D eigenvalue weighted by Gasteiger charge is 2.38. The van der Waals surface area contributed by atoms with Gasteiger partial charge in [-0.15, -0.1) is 0 Å². The van der Waals surface area contributed by atoms with Crippen LogP contribution in [0.2, 0.25) is 0 Å². The number of carbonyl (C=O) groups excluding carboxylic acids is 1. The number of aromatic nitrogens is 3. The van der Waals surface area contributed by atoms with Gasteiger partial charge in [-0.25, -0.2) is 13.8 Å². The van der Waals surface area contributed by atoms with Gasteiger partial charge in [0, 0.05) is 38.3 Å². The molecule has 14 heteroatoms. The van der Waals surface area contributed by atoms with Crippen molar-refractivity contribution in [2.75, 3.05) is 13.1 Å². The van der Waals surface area contributed by atoms with Gasteiger partial charge in [0.15, 0.2) is 11.6 Å². The fraction of sp³-hybridized carbons (Fsp3) is 0.325.